The molecule has 4 atom stereocenters. The van der Waals surface area contributed by atoms with Gasteiger partial charge in [-0.15, -0.1) is 0 Å². The number of carbonyl (C=O) groups is 4. The molecule has 0 bridgehead atoms. The number of nitrogens with two attached hydrogens (primary N) is 2. The molecule has 1 heterocycles. The number of phenolic OH excluding ortho intramolecular Hbond substituents is 1. The molecule has 3 rings (SSSR count). The van der Waals surface area contributed by atoms with E-state index < -0.39 is 47.8 Å². The van der Waals surface area contributed by atoms with Crippen molar-refractivity contribution in [3.8, 4) is 5.75 Å². The third kappa shape index (κ3) is 10.2. The maximum atomic E-state index is 13.5. The van der Waals surface area contributed by atoms with Gasteiger partial charge in [0.25, 0.3) is 0 Å². The summed E-state index contributed by atoms with van der Waals surface area (Å²) in [6.07, 6.45) is 5.59. The summed E-state index contributed by atoms with van der Waals surface area (Å²) in [5.74, 6) is -1.76. The van der Waals surface area contributed by atoms with Crippen molar-refractivity contribution >= 4 is 35.4 Å². The van der Waals surface area contributed by atoms with Crippen molar-refractivity contribution in [3.05, 3.63) is 83.9 Å². The Bertz CT molecular complexity index is 1310. The summed E-state index contributed by atoms with van der Waals surface area (Å²) in [4.78, 5) is 58.8. The zero-order valence-electron chi connectivity index (χ0n) is 23.3. The van der Waals surface area contributed by atoms with Gasteiger partial charge in [-0.1, -0.05) is 42.5 Å². The number of nitrogens with zero attached hydrogens (tertiary/aromatic N) is 1. The summed E-state index contributed by atoms with van der Waals surface area (Å²) >= 11 is 1.50. The molecule has 13 heteroatoms. The molecule has 9 N–H and O–H groups in total. The van der Waals surface area contributed by atoms with Crippen molar-refractivity contribution in [2.45, 2.75) is 49.9 Å². The van der Waals surface area contributed by atoms with Crippen LogP contribution in [0.15, 0.2) is 67.1 Å². The molecule has 42 heavy (non-hydrogen) atoms. The molecule has 1 aromatic heterocycles. The van der Waals surface area contributed by atoms with Crippen molar-refractivity contribution in [2.75, 3.05) is 12.0 Å². The van der Waals surface area contributed by atoms with Crippen LogP contribution in [0.2, 0.25) is 0 Å². The van der Waals surface area contributed by atoms with Gasteiger partial charge in [-0.05, 0) is 48.1 Å². The van der Waals surface area contributed by atoms with Gasteiger partial charge in [0.15, 0.2) is 0 Å². The van der Waals surface area contributed by atoms with Gasteiger partial charge < -0.3 is 37.5 Å². The van der Waals surface area contributed by atoms with Crippen LogP contribution in [-0.2, 0) is 38.4 Å². The van der Waals surface area contributed by atoms with E-state index in [4.69, 9.17) is 11.5 Å². The second-order valence-corrected chi connectivity index (χ2v) is 10.8. The number of hydrogen-bond donors (Lipinski definition) is 7. The van der Waals surface area contributed by atoms with Crippen LogP contribution in [0, 0.1) is 0 Å². The molecule has 0 aliphatic rings. The molecule has 0 saturated carbocycles. The highest BCUT2D eigenvalue weighted by molar-refractivity contribution is 7.98. The summed E-state index contributed by atoms with van der Waals surface area (Å²) in [6.45, 7) is 0. The zero-order valence-corrected chi connectivity index (χ0v) is 24.1. The second kappa shape index (κ2) is 16.2. The molecule has 2 aromatic carbocycles. The quantitative estimate of drug-likeness (QED) is 0.121. The molecular weight excluding hydrogens is 558 g/mol. The van der Waals surface area contributed by atoms with Crippen LogP contribution in [0.25, 0.3) is 0 Å². The number of imidazole rings is 1. The third-order valence-corrected chi connectivity index (χ3v) is 7.17. The predicted octanol–water partition coefficient (Wildman–Crippen LogP) is 0.163. The van der Waals surface area contributed by atoms with Crippen molar-refractivity contribution in [3.63, 3.8) is 0 Å². The van der Waals surface area contributed by atoms with E-state index >= 15 is 0 Å². The van der Waals surface area contributed by atoms with Crippen LogP contribution in [0.5, 0.6) is 5.75 Å². The van der Waals surface area contributed by atoms with Gasteiger partial charge in [-0.25, -0.2) is 4.98 Å². The SMILES string of the molecule is CSCC[C@@H](NC(=O)[C@@H](N)Cc1ccc(O)cc1)C(=O)N[C@@H](Cc1ccccc1)C(=O)N[C@@H](Cc1cnc[nH]1)C(N)=O. The highest BCUT2D eigenvalue weighted by atomic mass is 32.2. The molecule has 224 valence electrons. The van der Waals surface area contributed by atoms with Crippen molar-refractivity contribution in [1.82, 2.24) is 25.9 Å². The minimum atomic E-state index is -1.07. The lowest BCUT2D eigenvalue weighted by Gasteiger charge is -2.25. The van der Waals surface area contributed by atoms with E-state index in [1.807, 2.05) is 36.6 Å². The highest BCUT2D eigenvalue weighted by Gasteiger charge is 2.30. The minimum absolute atomic E-state index is 0.0956. The van der Waals surface area contributed by atoms with Crippen LogP contribution in [0.4, 0.5) is 0 Å². The largest absolute Gasteiger partial charge is 0.508 e. The Labute approximate surface area is 248 Å². The molecule has 3 aromatic rings. The standard InChI is InChI=1S/C29H37N7O5S/c1-42-12-11-23(34-27(39)22(30)13-19-7-9-21(37)10-8-19)28(40)36-25(14-18-5-3-2-4-6-18)29(41)35-24(26(31)38)15-20-16-32-17-33-20/h2-10,16-17,22-25,37H,11-15,30H2,1H3,(H2,31,38)(H,32,33)(H,34,39)(H,35,41)(H,36,40)/t22-,23+,24-,25-/m0/s1. The third-order valence-electron chi connectivity index (χ3n) is 6.53. The van der Waals surface area contributed by atoms with Crippen molar-refractivity contribution in [1.29, 1.82) is 0 Å². The van der Waals surface area contributed by atoms with Crippen LogP contribution >= 0.6 is 11.8 Å². The lowest BCUT2D eigenvalue weighted by Crippen LogP contribution is -2.58. The lowest BCUT2D eigenvalue weighted by atomic mass is 10.0. The van der Waals surface area contributed by atoms with E-state index in [0.717, 1.165) is 11.1 Å². The van der Waals surface area contributed by atoms with E-state index in [-0.39, 0.29) is 25.0 Å². The number of nitrogens with one attached hydrogen (secondary N) is 4. The molecule has 0 fully saturated rings. The predicted molar refractivity (Wildman–Crippen MR) is 160 cm³/mol. The summed E-state index contributed by atoms with van der Waals surface area (Å²) in [6, 6.07) is 11.4. The number of carbonyl (C=O) groups excluding carboxylic acids is 4. The Kier molecular flexibility index (Phi) is 12.4. The van der Waals surface area contributed by atoms with Gasteiger partial charge in [0, 0.05) is 24.7 Å². The Morgan fingerprint density at radius 2 is 1.48 bits per heavy atom. The summed E-state index contributed by atoms with van der Waals surface area (Å²) < 4.78 is 0. The Morgan fingerprint density at radius 1 is 0.857 bits per heavy atom. The number of benzene rings is 2. The molecule has 0 unspecified atom stereocenters. The molecule has 0 spiro atoms. The average molecular weight is 596 g/mol. The van der Waals surface area contributed by atoms with E-state index in [9.17, 15) is 24.3 Å². The smallest absolute Gasteiger partial charge is 0.243 e. The first kappa shape index (κ1) is 32.2. The molecular formula is C29H37N7O5S. The summed E-state index contributed by atoms with van der Waals surface area (Å²) in [5, 5.41) is 17.6. The summed E-state index contributed by atoms with van der Waals surface area (Å²) in [5.41, 5.74) is 13.8. The van der Waals surface area contributed by atoms with E-state index in [1.54, 1.807) is 12.1 Å². The van der Waals surface area contributed by atoms with Gasteiger partial charge in [0.2, 0.25) is 23.6 Å². The molecule has 4 amide bonds. The van der Waals surface area contributed by atoms with Gasteiger partial charge in [0.05, 0.1) is 12.4 Å². The Balaban J connectivity index is 1.74. The van der Waals surface area contributed by atoms with Crippen molar-refractivity contribution in [2.24, 2.45) is 11.5 Å². The average Bonchev–Trinajstić information content (AvgIpc) is 3.49. The van der Waals surface area contributed by atoms with Gasteiger partial charge >= 0.3 is 0 Å². The number of rotatable bonds is 16. The maximum absolute atomic E-state index is 13.5. The Hall–Kier alpha value is -4.36. The van der Waals surface area contributed by atoms with Gasteiger partial charge in [-0.3, -0.25) is 19.2 Å². The van der Waals surface area contributed by atoms with Crippen molar-refractivity contribution < 1.29 is 24.3 Å². The normalized spacial score (nSPS) is 13.8. The highest BCUT2D eigenvalue weighted by Crippen LogP contribution is 2.12. The molecule has 0 aliphatic carbocycles. The number of phenols is 1. The minimum Gasteiger partial charge on any atom is -0.508 e. The fourth-order valence-corrected chi connectivity index (χ4v) is 4.68. The number of H-pyrrole nitrogens is 1. The first-order chi connectivity index (χ1) is 20.2. The number of aromatic amines is 1. The molecule has 12 nitrogen and oxygen atoms in total. The topological polar surface area (TPSA) is 205 Å². The number of aromatic hydroxyl groups is 1. The van der Waals surface area contributed by atoms with E-state index in [0.29, 0.717) is 17.9 Å². The fourth-order valence-electron chi connectivity index (χ4n) is 4.20. The van der Waals surface area contributed by atoms with Gasteiger partial charge in [-0.2, -0.15) is 11.8 Å². The first-order valence-corrected chi connectivity index (χ1v) is 14.8. The van der Waals surface area contributed by atoms with Crippen LogP contribution in [0.3, 0.4) is 0 Å². The summed E-state index contributed by atoms with van der Waals surface area (Å²) in [7, 11) is 0. The fraction of sp³-hybridized carbons (Fsp3) is 0.345. The zero-order chi connectivity index (χ0) is 30.5. The van der Waals surface area contributed by atoms with E-state index in [2.05, 4.69) is 25.9 Å². The molecule has 0 aliphatic heterocycles. The number of thioether (sulfide) groups is 1. The lowest BCUT2D eigenvalue weighted by molar-refractivity contribution is -0.133. The van der Waals surface area contributed by atoms with Gasteiger partial charge in [0.1, 0.15) is 23.9 Å². The molecule has 0 radical (unpaired) electrons. The second-order valence-electron chi connectivity index (χ2n) is 9.82. The Morgan fingerprint density at radius 3 is 2.10 bits per heavy atom. The number of hydrogen-bond acceptors (Lipinski definition) is 8. The monoisotopic (exact) mass is 595 g/mol. The molecule has 0 saturated heterocycles. The number of primary amides is 1. The van der Waals surface area contributed by atoms with Crippen LogP contribution in [-0.4, -0.2) is 74.9 Å². The first-order valence-electron chi connectivity index (χ1n) is 13.4. The number of amides is 4. The van der Waals surface area contributed by atoms with Crippen LogP contribution < -0.4 is 27.4 Å². The number of aromatic nitrogens is 2. The van der Waals surface area contributed by atoms with E-state index in [1.165, 1.54) is 36.4 Å². The van der Waals surface area contributed by atoms with Crippen LogP contribution in [0.1, 0.15) is 23.2 Å². The maximum Gasteiger partial charge on any atom is 0.243 e.